The van der Waals surface area contributed by atoms with Crippen LogP contribution in [-0.4, -0.2) is 53.3 Å². The molecule has 0 heterocycles. The predicted molar refractivity (Wildman–Crippen MR) is 101 cm³/mol. The lowest BCUT2D eigenvalue weighted by atomic mass is 9.79. The van der Waals surface area contributed by atoms with E-state index >= 15 is 0 Å². The first-order valence-corrected chi connectivity index (χ1v) is 10.6. The number of hydrogen-bond donors (Lipinski definition) is 2. The summed E-state index contributed by atoms with van der Waals surface area (Å²) in [6, 6.07) is 0. The number of carboxylic acids is 3. The first-order valence-electron chi connectivity index (χ1n) is 10.6. The summed E-state index contributed by atoms with van der Waals surface area (Å²) in [6.07, 6.45) is 3.99. The Hall–Kier alpha value is -2.65. The molecular formula is C21H29O10-. The van der Waals surface area contributed by atoms with Crippen molar-refractivity contribution in [1.29, 1.82) is 0 Å². The lowest BCUT2D eigenvalue weighted by molar-refractivity contribution is -0.314. The molecule has 0 aromatic carbocycles. The summed E-state index contributed by atoms with van der Waals surface area (Å²) in [6.45, 7) is 0.0200. The molecule has 5 unspecified atom stereocenters. The Kier molecular flexibility index (Phi) is 8.41. The summed E-state index contributed by atoms with van der Waals surface area (Å²) in [5.41, 5.74) is -1.76. The van der Waals surface area contributed by atoms with Gasteiger partial charge in [0.25, 0.3) is 0 Å². The molecule has 2 saturated carbocycles. The Morgan fingerprint density at radius 2 is 1.16 bits per heavy atom. The molecule has 2 fully saturated rings. The first-order chi connectivity index (χ1) is 14.6. The molecule has 0 aromatic heterocycles. The van der Waals surface area contributed by atoms with Gasteiger partial charge in [-0.05, 0) is 32.6 Å². The van der Waals surface area contributed by atoms with Gasteiger partial charge in [0, 0.05) is 11.9 Å². The van der Waals surface area contributed by atoms with E-state index in [1.165, 1.54) is 6.92 Å². The lowest BCUT2D eigenvalue weighted by Gasteiger charge is -2.32. The van der Waals surface area contributed by atoms with Crippen LogP contribution in [-0.2, 0) is 33.4 Å². The van der Waals surface area contributed by atoms with Gasteiger partial charge in [-0.1, -0.05) is 25.7 Å². The highest BCUT2D eigenvalue weighted by molar-refractivity contribution is 5.82. The zero-order chi connectivity index (χ0) is 23.2. The fraction of sp³-hybridized carbons (Fsp3) is 0.762. The van der Waals surface area contributed by atoms with Crippen LogP contribution in [0.1, 0.15) is 58.3 Å². The van der Waals surface area contributed by atoms with E-state index in [1.807, 2.05) is 0 Å². The van der Waals surface area contributed by atoms with Crippen LogP contribution in [0.3, 0.4) is 0 Å². The third-order valence-corrected chi connectivity index (χ3v) is 6.34. The van der Waals surface area contributed by atoms with Crippen molar-refractivity contribution in [2.75, 3.05) is 13.2 Å². The minimum absolute atomic E-state index is 0.294. The summed E-state index contributed by atoms with van der Waals surface area (Å²) in [4.78, 5) is 59.2. The average molecular weight is 441 g/mol. The SMILES string of the molecule is CC(COC(=O)C1CCCCC1C(=O)[O-])(COC(=O)C1CCCCC1C(=O)O)C(=O)O. The molecule has 10 heteroatoms. The number of ether oxygens (including phenoxy) is 2. The molecule has 2 aliphatic rings. The maximum atomic E-state index is 12.4. The summed E-state index contributed by atoms with van der Waals surface area (Å²) in [7, 11) is 0. The molecule has 0 aromatic rings. The van der Waals surface area contributed by atoms with Gasteiger partial charge < -0.3 is 29.6 Å². The van der Waals surface area contributed by atoms with Crippen LogP contribution >= 0.6 is 0 Å². The molecule has 0 spiro atoms. The number of carbonyl (C=O) groups is 5. The van der Waals surface area contributed by atoms with Crippen molar-refractivity contribution in [1.82, 2.24) is 0 Å². The maximum Gasteiger partial charge on any atom is 0.316 e. The molecule has 0 saturated heterocycles. The quantitative estimate of drug-likeness (QED) is 0.484. The Morgan fingerprint density at radius 3 is 1.55 bits per heavy atom. The van der Waals surface area contributed by atoms with Gasteiger partial charge in [0.05, 0.1) is 17.8 Å². The summed E-state index contributed by atoms with van der Waals surface area (Å²) in [5.74, 6) is -9.00. The van der Waals surface area contributed by atoms with Gasteiger partial charge in [-0.3, -0.25) is 19.2 Å². The van der Waals surface area contributed by atoms with Gasteiger partial charge in [-0.25, -0.2) is 0 Å². The molecule has 0 aliphatic heterocycles. The molecule has 0 bridgehead atoms. The summed E-state index contributed by atoms with van der Waals surface area (Å²) < 4.78 is 10.3. The molecule has 2 aliphatic carbocycles. The van der Waals surface area contributed by atoms with Crippen LogP contribution in [0, 0.1) is 29.1 Å². The second kappa shape index (κ2) is 10.6. The molecule has 10 nitrogen and oxygen atoms in total. The second-order valence-electron chi connectivity index (χ2n) is 8.73. The monoisotopic (exact) mass is 441 g/mol. The van der Waals surface area contributed by atoms with Crippen molar-refractivity contribution in [3.05, 3.63) is 0 Å². The van der Waals surface area contributed by atoms with Gasteiger partial charge >= 0.3 is 23.9 Å². The largest absolute Gasteiger partial charge is 0.550 e. The summed E-state index contributed by atoms with van der Waals surface area (Å²) in [5, 5.41) is 30.1. The standard InChI is InChI=1S/C21H30O10/c1-21(20(28)29,10-30-18(26)14-8-4-2-6-12(14)16(22)23)11-31-19(27)15-9-5-3-7-13(15)17(24)25/h12-15H,2-11H2,1H3,(H,22,23)(H,24,25)(H,28,29)/p-1. The van der Waals surface area contributed by atoms with E-state index in [0.717, 1.165) is 0 Å². The van der Waals surface area contributed by atoms with Crippen LogP contribution in [0.15, 0.2) is 0 Å². The molecule has 0 amide bonds. The molecule has 2 rings (SSSR count). The van der Waals surface area contributed by atoms with Crippen molar-refractivity contribution in [3.8, 4) is 0 Å². The highest BCUT2D eigenvalue weighted by atomic mass is 16.6. The minimum atomic E-state index is -1.76. The minimum Gasteiger partial charge on any atom is -0.550 e. The number of carboxylic acid groups (broad SMARTS) is 3. The number of hydrogen-bond acceptors (Lipinski definition) is 8. The van der Waals surface area contributed by atoms with Crippen molar-refractivity contribution in [2.45, 2.75) is 58.3 Å². The second-order valence-corrected chi connectivity index (χ2v) is 8.73. The third kappa shape index (κ3) is 6.18. The highest BCUT2D eigenvalue weighted by Crippen LogP contribution is 2.33. The van der Waals surface area contributed by atoms with E-state index in [-0.39, 0.29) is 0 Å². The average Bonchev–Trinajstić information content (AvgIpc) is 2.75. The lowest BCUT2D eigenvalue weighted by Crippen LogP contribution is -2.44. The smallest absolute Gasteiger partial charge is 0.316 e. The van der Waals surface area contributed by atoms with E-state index in [9.17, 15) is 39.3 Å². The van der Waals surface area contributed by atoms with Gasteiger partial charge in [0.15, 0.2) is 0 Å². The maximum absolute atomic E-state index is 12.4. The van der Waals surface area contributed by atoms with E-state index in [0.29, 0.717) is 51.4 Å². The zero-order valence-corrected chi connectivity index (χ0v) is 17.5. The normalized spacial score (nSPS) is 28.0. The number of esters is 2. The van der Waals surface area contributed by atoms with E-state index in [4.69, 9.17) is 9.47 Å². The van der Waals surface area contributed by atoms with Crippen molar-refractivity contribution < 1.29 is 48.8 Å². The summed E-state index contributed by atoms with van der Waals surface area (Å²) >= 11 is 0. The van der Waals surface area contributed by atoms with Gasteiger partial charge in [-0.2, -0.15) is 0 Å². The van der Waals surface area contributed by atoms with Crippen LogP contribution in [0.4, 0.5) is 0 Å². The number of carbonyl (C=O) groups excluding carboxylic acids is 3. The van der Waals surface area contributed by atoms with Gasteiger partial charge in [-0.15, -0.1) is 0 Å². The third-order valence-electron chi connectivity index (χ3n) is 6.34. The molecule has 2 N–H and O–H groups in total. The Bertz CT molecular complexity index is 665. The van der Waals surface area contributed by atoms with Crippen LogP contribution < -0.4 is 5.11 Å². The number of aliphatic carboxylic acids is 3. The van der Waals surface area contributed by atoms with Crippen LogP contribution in [0.25, 0.3) is 0 Å². The van der Waals surface area contributed by atoms with E-state index < -0.39 is 72.1 Å². The fourth-order valence-electron chi connectivity index (χ4n) is 4.24. The van der Waals surface area contributed by atoms with E-state index in [1.54, 1.807) is 0 Å². The van der Waals surface area contributed by atoms with Crippen molar-refractivity contribution >= 4 is 29.8 Å². The molecule has 5 atom stereocenters. The number of rotatable bonds is 9. The molecular weight excluding hydrogens is 412 g/mol. The molecule has 174 valence electrons. The van der Waals surface area contributed by atoms with Crippen LogP contribution in [0.2, 0.25) is 0 Å². The Balaban J connectivity index is 1.97. The van der Waals surface area contributed by atoms with Crippen molar-refractivity contribution in [3.63, 3.8) is 0 Å². The van der Waals surface area contributed by atoms with Crippen molar-refractivity contribution in [2.24, 2.45) is 29.1 Å². The van der Waals surface area contributed by atoms with Gasteiger partial charge in [0.2, 0.25) is 0 Å². The topological polar surface area (TPSA) is 167 Å². The van der Waals surface area contributed by atoms with Crippen LogP contribution in [0.5, 0.6) is 0 Å². The Labute approximate surface area is 179 Å². The molecule has 0 radical (unpaired) electrons. The van der Waals surface area contributed by atoms with Gasteiger partial charge in [0.1, 0.15) is 18.6 Å². The zero-order valence-electron chi connectivity index (χ0n) is 17.5. The highest BCUT2D eigenvalue weighted by Gasteiger charge is 2.42. The fourth-order valence-corrected chi connectivity index (χ4v) is 4.24. The first kappa shape index (κ1) is 24.6. The van der Waals surface area contributed by atoms with E-state index in [2.05, 4.69) is 0 Å². The Morgan fingerprint density at radius 1 is 0.774 bits per heavy atom. The molecule has 31 heavy (non-hydrogen) atoms. The predicted octanol–water partition coefficient (Wildman–Crippen LogP) is 0.611.